The average Bonchev–Trinajstić information content (AvgIpc) is 3.30. The van der Waals surface area contributed by atoms with Crippen molar-refractivity contribution in [2.45, 2.75) is 51.9 Å². The van der Waals surface area contributed by atoms with Gasteiger partial charge >= 0.3 is 0 Å². The SMILES string of the molecule is CCCCCCCOc1ccc(/C=C2\SC(N3CCCC3)=NC2=O)cc1. The molecule has 0 atom stereocenters. The Morgan fingerprint density at radius 1 is 1.12 bits per heavy atom. The molecule has 0 aliphatic carbocycles. The Hall–Kier alpha value is -1.75. The maximum atomic E-state index is 12.1. The van der Waals surface area contributed by atoms with Crippen LogP contribution in [0.25, 0.3) is 6.08 Å². The highest BCUT2D eigenvalue weighted by molar-refractivity contribution is 8.18. The predicted octanol–water partition coefficient (Wildman–Crippen LogP) is 5.10. The van der Waals surface area contributed by atoms with Crippen LogP contribution in [0.5, 0.6) is 5.75 Å². The van der Waals surface area contributed by atoms with Crippen molar-refractivity contribution in [3.8, 4) is 5.75 Å². The number of unbranched alkanes of at least 4 members (excludes halogenated alkanes) is 4. The molecule has 1 fully saturated rings. The quantitative estimate of drug-likeness (QED) is 0.470. The van der Waals surface area contributed by atoms with Gasteiger partial charge in [-0.25, -0.2) is 0 Å². The molecule has 26 heavy (non-hydrogen) atoms. The molecule has 3 rings (SSSR count). The summed E-state index contributed by atoms with van der Waals surface area (Å²) in [5.41, 5.74) is 1.01. The molecule has 2 heterocycles. The van der Waals surface area contributed by atoms with Gasteiger partial charge in [0.1, 0.15) is 5.75 Å². The van der Waals surface area contributed by atoms with Gasteiger partial charge in [0.2, 0.25) is 0 Å². The molecule has 1 aromatic rings. The fourth-order valence-corrected chi connectivity index (χ4v) is 4.11. The summed E-state index contributed by atoms with van der Waals surface area (Å²) in [6.07, 6.45) is 10.5. The normalized spacial score (nSPS) is 18.7. The second kappa shape index (κ2) is 9.81. The Morgan fingerprint density at radius 3 is 2.58 bits per heavy atom. The maximum absolute atomic E-state index is 12.1. The summed E-state index contributed by atoms with van der Waals surface area (Å²) in [5, 5.41) is 0.863. The third kappa shape index (κ3) is 5.37. The highest BCUT2D eigenvalue weighted by atomic mass is 32.2. The van der Waals surface area contributed by atoms with E-state index in [0.29, 0.717) is 4.91 Å². The minimum atomic E-state index is -0.121. The van der Waals surface area contributed by atoms with E-state index in [9.17, 15) is 4.79 Å². The van der Waals surface area contributed by atoms with Crippen molar-refractivity contribution >= 4 is 28.9 Å². The van der Waals surface area contributed by atoms with Crippen LogP contribution in [0.2, 0.25) is 0 Å². The maximum Gasteiger partial charge on any atom is 0.286 e. The minimum absolute atomic E-state index is 0.121. The van der Waals surface area contributed by atoms with Crippen LogP contribution in [0.1, 0.15) is 57.4 Å². The molecule has 2 aliphatic rings. The zero-order chi connectivity index (χ0) is 18.2. The number of carbonyl (C=O) groups excluding carboxylic acids is 1. The van der Waals surface area contributed by atoms with E-state index in [0.717, 1.165) is 42.6 Å². The van der Waals surface area contributed by atoms with E-state index in [1.54, 1.807) is 0 Å². The lowest BCUT2D eigenvalue weighted by atomic mass is 10.2. The summed E-state index contributed by atoms with van der Waals surface area (Å²) >= 11 is 1.49. The molecule has 1 saturated heterocycles. The number of rotatable bonds is 8. The first-order valence-electron chi connectivity index (χ1n) is 9.76. The number of amidine groups is 1. The molecule has 1 aromatic carbocycles. The van der Waals surface area contributed by atoms with E-state index in [1.165, 1.54) is 50.3 Å². The number of amides is 1. The second-order valence-corrected chi connectivity index (χ2v) is 7.85. The molecule has 0 saturated carbocycles. The van der Waals surface area contributed by atoms with Crippen molar-refractivity contribution in [1.82, 2.24) is 4.90 Å². The third-order valence-corrected chi connectivity index (χ3v) is 5.72. The number of likely N-dealkylation sites (tertiary alicyclic amines) is 1. The van der Waals surface area contributed by atoms with E-state index in [4.69, 9.17) is 4.74 Å². The predicted molar refractivity (Wildman–Crippen MR) is 110 cm³/mol. The summed E-state index contributed by atoms with van der Waals surface area (Å²) < 4.78 is 5.79. The fourth-order valence-electron chi connectivity index (χ4n) is 3.15. The zero-order valence-corrected chi connectivity index (χ0v) is 16.4. The first kappa shape index (κ1) is 19.0. The number of benzene rings is 1. The molecule has 1 amide bonds. The van der Waals surface area contributed by atoms with Gasteiger partial charge in [-0.05, 0) is 54.8 Å². The Morgan fingerprint density at radius 2 is 1.85 bits per heavy atom. The van der Waals surface area contributed by atoms with Crippen LogP contribution in [0, 0.1) is 0 Å². The van der Waals surface area contributed by atoms with Crippen LogP contribution in [0.3, 0.4) is 0 Å². The Bertz CT molecular complexity index is 661. The molecular formula is C21H28N2O2S. The molecule has 0 aromatic heterocycles. The highest BCUT2D eigenvalue weighted by Crippen LogP contribution is 2.31. The van der Waals surface area contributed by atoms with Gasteiger partial charge in [-0.2, -0.15) is 4.99 Å². The fraction of sp³-hybridized carbons (Fsp3) is 0.524. The van der Waals surface area contributed by atoms with Crippen LogP contribution in [0.4, 0.5) is 0 Å². The molecule has 140 valence electrons. The van der Waals surface area contributed by atoms with Gasteiger partial charge in [0.25, 0.3) is 5.91 Å². The largest absolute Gasteiger partial charge is 0.494 e. The first-order chi connectivity index (χ1) is 12.8. The Kier molecular flexibility index (Phi) is 7.18. The molecule has 0 radical (unpaired) electrons. The topological polar surface area (TPSA) is 41.9 Å². The molecule has 0 unspecified atom stereocenters. The van der Waals surface area contributed by atoms with Crippen molar-refractivity contribution in [2.24, 2.45) is 4.99 Å². The number of nitrogens with zero attached hydrogens (tertiary/aromatic N) is 2. The molecule has 0 spiro atoms. The van der Waals surface area contributed by atoms with E-state index < -0.39 is 0 Å². The van der Waals surface area contributed by atoms with Gasteiger partial charge in [0.05, 0.1) is 11.5 Å². The van der Waals surface area contributed by atoms with Gasteiger partial charge in [-0.1, -0.05) is 44.7 Å². The Balaban J connectivity index is 1.48. The van der Waals surface area contributed by atoms with E-state index >= 15 is 0 Å². The van der Waals surface area contributed by atoms with Crippen LogP contribution >= 0.6 is 11.8 Å². The molecule has 5 heteroatoms. The molecule has 0 N–H and O–H groups in total. The van der Waals surface area contributed by atoms with Crippen molar-refractivity contribution in [3.63, 3.8) is 0 Å². The van der Waals surface area contributed by atoms with Gasteiger partial charge in [-0.15, -0.1) is 0 Å². The van der Waals surface area contributed by atoms with Crippen molar-refractivity contribution in [1.29, 1.82) is 0 Å². The van der Waals surface area contributed by atoms with Crippen molar-refractivity contribution < 1.29 is 9.53 Å². The van der Waals surface area contributed by atoms with E-state index in [2.05, 4.69) is 16.8 Å². The van der Waals surface area contributed by atoms with Gasteiger partial charge in [0, 0.05) is 13.1 Å². The number of hydrogen-bond acceptors (Lipinski definition) is 4. The standard InChI is InChI=1S/C21H28N2O2S/c1-2-3-4-5-8-15-25-18-11-9-17(10-12-18)16-19-20(24)22-21(26-19)23-13-6-7-14-23/h9-12,16H,2-8,13-15H2,1H3/b19-16-. The second-order valence-electron chi connectivity index (χ2n) is 6.84. The van der Waals surface area contributed by atoms with Crippen LogP contribution in [-0.2, 0) is 4.79 Å². The lowest BCUT2D eigenvalue weighted by molar-refractivity contribution is -0.113. The smallest absolute Gasteiger partial charge is 0.286 e. The number of aliphatic imine (C=N–C) groups is 1. The summed E-state index contributed by atoms with van der Waals surface area (Å²) in [5.74, 6) is 0.770. The third-order valence-electron chi connectivity index (χ3n) is 4.68. The number of thioether (sulfide) groups is 1. The molecule has 4 nitrogen and oxygen atoms in total. The number of hydrogen-bond donors (Lipinski definition) is 0. The monoisotopic (exact) mass is 372 g/mol. The summed E-state index contributed by atoms with van der Waals surface area (Å²) in [6.45, 7) is 5.02. The van der Waals surface area contributed by atoms with Gasteiger partial charge < -0.3 is 9.64 Å². The molecule has 2 aliphatic heterocycles. The van der Waals surface area contributed by atoms with Gasteiger partial charge in [0.15, 0.2) is 5.17 Å². The van der Waals surface area contributed by atoms with Crippen LogP contribution in [0.15, 0.2) is 34.2 Å². The Labute approximate surface area is 160 Å². The van der Waals surface area contributed by atoms with Crippen LogP contribution in [-0.4, -0.2) is 35.7 Å². The first-order valence-corrected chi connectivity index (χ1v) is 10.6. The average molecular weight is 373 g/mol. The molecule has 0 bridgehead atoms. The number of carbonyl (C=O) groups is 1. The van der Waals surface area contributed by atoms with Crippen LogP contribution < -0.4 is 4.74 Å². The van der Waals surface area contributed by atoms with Crippen molar-refractivity contribution in [2.75, 3.05) is 19.7 Å². The van der Waals surface area contributed by atoms with E-state index in [1.807, 2.05) is 30.3 Å². The number of ether oxygens (including phenoxy) is 1. The minimum Gasteiger partial charge on any atom is -0.494 e. The zero-order valence-electron chi connectivity index (χ0n) is 15.6. The summed E-state index contributed by atoms with van der Waals surface area (Å²) in [6, 6.07) is 7.96. The summed E-state index contributed by atoms with van der Waals surface area (Å²) in [4.78, 5) is 19.3. The molecular weight excluding hydrogens is 344 g/mol. The lowest BCUT2D eigenvalue weighted by Crippen LogP contribution is -2.23. The van der Waals surface area contributed by atoms with E-state index in [-0.39, 0.29) is 5.91 Å². The van der Waals surface area contributed by atoms with Gasteiger partial charge in [-0.3, -0.25) is 4.79 Å². The summed E-state index contributed by atoms with van der Waals surface area (Å²) in [7, 11) is 0. The van der Waals surface area contributed by atoms with Crippen molar-refractivity contribution in [3.05, 3.63) is 34.7 Å². The lowest BCUT2D eigenvalue weighted by Gasteiger charge is -2.14. The highest BCUT2D eigenvalue weighted by Gasteiger charge is 2.27.